The fourth-order valence-electron chi connectivity index (χ4n) is 1.30. The van der Waals surface area contributed by atoms with Crippen LogP contribution in [0.25, 0.3) is 0 Å². The van der Waals surface area contributed by atoms with Crippen molar-refractivity contribution in [1.29, 1.82) is 0 Å². The van der Waals surface area contributed by atoms with Gasteiger partial charge in [0.05, 0.1) is 3.79 Å². The van der Waals surface area contributed by atoms with Crippen LogP contribution >= 0.6 is 39.7 Å². The SMILES string of the molecule is CC(N)CN(C)Cc1csc(Br)c1.Cl. The Kier molecular flexibility index (Phi) is 6.99. The van der Waals surface area contributed by atoms with Gasteiger partial charge in [0.1, 0.15) is 0 Å². The lowest BCUT2D eigenvalue weighted by Crippen LogP contribution is -2.32. The summed E-state index contributed by atoms with van der Waals surface area (Å²) in [6, 6.07) is 2.40. The molecule has 1 heterocycles. The molecular formula is C9H16BrClN2S. The number of halogens is 2. The molecule has 2 N–H and O–H groups in total. The van der Waals surface area contributed by atoms with Crippen molar-refractivity contribution < 1.29 is 0 Å². The van der Waals surface area contributed by atoms with Crippen LogP contribution < -0.4 is 5.73 Å². The Hall–Kier alpha value is 0.390. The molecule has 1 atom stereocenters. The molecule has 1 aromatic rings. The average Bonchev–Trinajstić information content (AvgIpc) is 2.33. The molecule has 0 aliphatic heterocycles. The maximum absolute atomic E-state index is 5.70. The fraction of sp³-hybridized carbons (Fsp3) is 0.556. The number of nitrogens with two attached hydrogens (primary N) is 1. The molecule has 14 heavy (non-hydrogen) atoms. The number of nitrogens with zero attached hydrogens (tertiary/aromatic N) is 1. The molecule has 5 heteroatoms. The molecule has 0 amide bonds. The molecule has 1 rings (SSSR count). The maximum atomic E-state index is 5.70. The van der Waals surface area contributed by atoms with E-state index in [1.165, 1.54) is 9.35 Å². The monoisotopic (exact) mass is 298 g/mol. The van der Waals surface area contributed by atoms with Gasteiger partial charge in [0.2, 0.25) is 0 Å². The highest BCUT2D eigenvalue weighted by molar-refractivity contribution is 9.11. The normalized spacial score (nSPS) is 12.6. The van der Waals surface area contributed by atoms with Crippen LogP contribution in [0, 0.1) is 0 Å². The van der Waals surface area contributed by atoms with Crippen LogP contribution in [0.4, 0.5) is 0 Å². The van der Waals surface area contributed by atoms with Crippen molar-refractivity contribution in [2.24, 2.45) is 5.73 Å². The van der Waals surface area contributed by atoms with Gasteiger partial charge in [-0.25, -0.2) is 0 Å². The average molecular weight is 300 g/mol. The number of rotatable bonds is 4. The molecule has 0 aromatic carbocycles. The topological polar surface area (TPSA) is 29.3 Å². The minimum Gasteiger partial charge on any atom is -0.327 e. The molecule has 0 saturated heterocycles. The largest absolute Gasteiger partial charge is 0.327 e. The molecule has 0 fully saturated rings. The Morgan fingerprint density at radius 2 is 2.29 bits per heavy atom. The lowest BCUT2D eigenvalue weighted by Gasteiger charge is -2.17. The summed E-state index contributed by atoms with van der Waals surface area (Å²) in [4.78, 5) is 2.24. The second-order valence-electron chi connectivity index (χ2n) is 3.43. The third kappa shape index (κ3) is 5.32. The zero-order chi connectivity index (χ0) is 9.84. The van der Waals surface area contributed by atoms with Crippen molar-refractivity contribution in [3.63, 3.8) is 0 Å². The van der Waals surface area contributed by atoms with E-state index in [9.17, 15) is 0 Å². The minimum atomic E-state index is 0. The van der Waals surface area contributed by atoms with Gasteiger partial charge in [-0.05, 0) is 46.9 Å². The highest BCUT2D eigenvalue weighted by Gasteiger charge is 2.04. The summed E-state index contributed by atoms with van der Waals surface area (Å²) >= 11 is 5.17. The third-order valence-electron chi connectivity index (χ3n) is 1.67. The molecule has 0 radical (unpaired) electrons. The van der Waals surface area contributed by atoms with Gasteiger partial charge >= 0.3 is 0 Å². The van der Waals surface area contributed by atoms with Crippen molar-refractivity contribution in [2.75, 3.05) is 13.6 Å². The second-order valence-corrected chi connectivity index (χ2v) is 5.72. The van der Waals surface area contributed by atoms with Crippen molar-refractivity contribution in [2.45, 2.75) is 19.5 Å². The molecule has 0 saturated carbocycles. The first-order valence-electron chi connectivity index (χ1n) is 4.25. The Morgan fingerprint density at radius 1 is 1.64 bits per heavy atom. The molecule has 0 aliphatic carbocycles. The second kappa shape index (κ2) is 6.80. The molecule has 0 spiro atoms. The van der Waals surface area contributed by atoms with E-state index in [1.807, 2.05) is 6.92 Å². The zero-order valence-corrected chi connectivity index (χ0v) is 11.6. The predicted molar refractivity (Wildman–Crippen MR) is 69.3 cm³/mol. The van der Waals surface area contributed by atoms with E-state index in [-0.39, 0.29) is 18.4 Å². The number of thiophene rings is 1. The Morgan fingerprint density at radius 3 is 2.71 bits per heavy atom. The van der Waals surface area contributed by atoms with Gasteiger partial charge in [-0.2, -0.15) is 0 Å². The van der Waals surface area contributed by atoms with Crippen LogP contribution in [-0.2, 0) is 6.54 Å². The first kappa shape index (κ1) is 14.4. The Bertz CT molecular complexity index is 265. The molecular weight excluding hydrogens is 284 g/mol. The van der Waals surface area contributed by atoms with Gasteiger partial charge < -0.3 is 10.6 Å². The van der Waals surface area contributed by atoms with E-state index in [4.69, 9.17) is 5.73 Å². The van der Waals surface area contributed by atoms with Crippen molar-refractivity contribution >= 4 is 39.7 Å². The predicted octanol–water partition coefficient (Wildman–Crippen LogP) is 2.71. The van der Waals surface area contributed by atoms with E-state index in [0.29, 0.717) is 0 Å². The van der Waals surface area contributed by atoms with Crippen LogP contribution in [0.5, 0.6) is 0 Å². The van der Waals surface area contributed by atoms with Gasteiger partial charge in [-0.3, -0.25) is 0 Å². The molecule has 0 bridgehead atoms. The van der Waals surface area contributed by atoms with Crippen molar-refractivity contribution in [3.05, 3.63) is 20.8 Å². The summed E-state index contributed by atoms with van der Waals surface area (Å²) in [6.45, 7) is 3.94. The quantitative estimate of drug-likeness (QED) is 0.926. The summed E-state index contributed by atoms with van der Waals surface area (Å²) in [7, 11) is 2.09. The van der Waals surface area contributed by atoms with Gasteiger partial charge in [0, 0.05) is 19.1 Å². The number of likely N-dealkylation sites (N-methyl/N-ethyl adjacent to an activating group) is 1. The van der Waals surface area contributed by atoms with E-state index in [2.05, 4.69) is 39.3 Å². The van der Waals surface area contributed by atoms with Crippen LogP contribution in [-0.4, -0.2) is 24.5 Å². The van der Waals surface area contributed by atoms with Crippen LogP contribution in [0.1, 0.15) is 12.5 Å². The third-order valence-corrected chi connectivity index (χ3v) is 3.23. The Balaban J connectivity index is 0.00000169. The minimum absolute atomic E-state index is 0. The van der Waals surface area contributed by atoms with E-state index < -0.39 is 0 Å². The van der Waals surface area contributed by atoms with E-state index >= 15 is 0 Å². The highest BCUT2D eigenvalue weighted by atomic mass is 79.9. The van der Waals surface area contributed by atoms with E-state index in [0.717, 1.165) is 13.1 Å². The first-order valence-corrected chi connectivity index (χ1v) is 5.92. The van der Waals surface area contributed by atoms with Gasteiger partial charge in [-0.1, -0.05) is 0 Å². The van der Waals surface area contributed by atoms with Crippen LogP contribution in [0.15, 0.2) is 15.2 Å². The Labute approximate surface area is 104 Å². The van der Waals surface area contributed by atoms with Gasteiger partial charge in [0.15, 0.2) is 0 Å². The number of hydrogen-bond donors (Lipinski definition) is 1. The smallest absolute Gasteiger partial charge is 0.0701 e. The lowest BCUT2D eigenvalue weighted by atomic mass is 10.3. The standard InChI is InChI=1S/C9H15BrN2S.ClH/c1-7(11)4-12(2)5-8-3-9(10)13-6-8;/h3,6-7H,4-5,11H2,1-2H3;1H. The van der Waals surface area contributed by atoms with E-state index in [1.54, 1.807) is 11.3 Å². The fourth-order valence-corrected chi connectivity index (χ4v) is 2.50. The summed E-state index contributed by atoms with van der Waals surface area (Å²) in [5.41, 5.74) is 7.05. The zero-order valence-electron chi connectivity index (χ0n) is 8.37. The summed E-state index contributed by atoms with van der Waals surface area (Å²) < 4.78 is 1.19. The maximum Gasteiger partial charge on any atom is 0.0701 e. The molecule has 2 nitrogen and oxygen atoms in total. The lowest BCUT2D eigenvalue weighted by molar-refractivity contribution is 0.310. The van der Waals surface area contributed by atoms with Gasteiger partial charge in [-0.15, -0.1) is 23.7 Å². The first-order chi connectivity index (χ1) is 6.08. The summed E-state index contributed by atoms with van der Waals surface area (Å²) in [5.74, 6) is 0. The highest BCUT2D eigenvalue weighted by Crippen LogP contribution is 2.21. The molecule has 82 valence electrons. The van der Waals surface area contributed by atoms with Gasteiger partial charge in [0.25, 0.3) is 0 Å². The molecule has 1 aromatic heterocycles. The van der Waals surface area contributed by atoms with Crippen molar-refractivity contribution in [3.8, 4) is 0 Å². The molecule has 0 aliphatic rings. The molecule has 1 unspecified atom stereocenters. The van der Waals surface area contributed by atoms with Crippen molar-refractivity contribution in [1.82, 2.24) is 4.90 Å². The van der Waals surface area contributed by atoms with Crippen LogP contribution in [0.3, 0.4) is 0 Å². The van der Waals surface area contributed by atoms with Crippen LogP contribution in [0.2, 0.25) is 0 Å². The summed E-state index contributed by atoms with van der Waals surface area (Å²) in [6.07, 6.45) is 0. The number of hydrogen-bond acceptors (Lipinski definition) is 3. The summed E-state index contributed by atoms with van der Waals surface area (Å²) in [5, 5.41) is 2.17.